The lowest BCUT2D eigenvalue weighted by molar-refractivity contribution is -0.131. The second kappa shape index (κ2) is 40.8. The maximum atomic E-state index is 15.4. The molecule has 3 aliphatic rings. The summed E-state index contributed by atoms with van der Waals surface area (Å²) >= 11 is 36.7. The monoisotopic (exact) mass is 2050 g/mol. The quantitative estimate of drug-likeness (QED) is 0.0371. The summed E-state index contributed by atoms with van der Waals surface area (Å²) in [6, 6.07) is 12.6. The number of nitrogens with zero attached hydrogens (tertiary/aromatic N) is 18. The van der Waals surface area contributed by atoms with E-state index in [1.165, 1.54) is 36.4 Å². The Balaban J connectivity index is 0.000000178. The van der Waals surface area contributed by atoms with Gasteiger partial charge in [0, 0.05) is 110 Å². The number of carbonyl (C=O) groups is 3. The van der Waals surface area contributed by atoms with Gasteiger partial charge in [0.2, 0.25) is 17.7 Å². The van der Waals surface area contributed by atoms with Gasteiger partial charge < -0.3 is 44.7 Å². The smallest absolute Gasteiger partial charge is 0.276 e. The SMILES string of the molecule is C=CC(=O)N1[C@H](C)CN(c2c(C#N)c(=O)n(-c3c(C)ccnc3C(C)C)c3nc(-c4c(F)c(O)c(Cl)c(F)c4F)c(Cl)cc23)C[C@@H]1C.C=CC(=O)N1[C@H](C)CN(c2c(C#N)c(=O)n(-c3c(C)ccnc3C(C)C)c3nc(-c4c(F)c(O)c(Cl)c(F)c4F)c(Cl)cc23)C[C@@H]1C.C=CC(=O)N1[C@H](C)CN(c2c(C#N)c(=O)n(-c3c(C)ccnc3C(C)C)c3nc(-c4c(F)c(O)c(Cl)c(F)c4F)c(Cl)cc23)C[C@@H]1C. The number of nitriles is 3. The zero-order chi connectivity index (χ0) is 104. The Morgan fingerprint density at radius 1 is 0.383 bits per heavy atom. The number of halogens is 15. The van der Waals surface area contributed by atoms with Crippen LogP contribution in [0.5, 0.6) is 17.2 Å². The predicted molar refractivity (Wildman–Crippen MR) is 522 cm³/mol. The Morgan fingerprint density at radius 3 is 0.787 bits per heavy atom. The van der Waals surface area contributed by atoms with Gasteiger partial charge in [0.25, 0.3) is 16.7 Å². The lowest BCUT2D eigenvalue weighted by Crippen LogP contribution is -2.58. The van der Waals surface area contributed by atoms with E-state index in [4.69, 9.17) is 69.6 Å². The molecule has 3 amide bonds. The van der Waals surface area contributed by atoms with Gasteiger partial charge in [-0.05, 0) is 151 Å². The number of piperazine rings is 3. The molecule has 9 aromatic heterocycles. The van der Waals surface area contributed by atoms with E-state index in [0.29, 0.717) is 33.8 Å². The van der Waals surface area contributed by atoms with Crippen molar-refractivity contribution >= 4 is 137 Å². The Kier molecular flexibility index (Phi) is 30.3. The summed E-state index contributed by atoms with van der Waals surface area (Å²) in [6.07, 6.45) is 8.32. The molecule has 0 spiro atoms. The van der Waals surface area contributed by atoms with Crippen molar-refractivity contribution in [1.82, 2.24) is 58.3 Å². The van der Waals surface area contributed by atoms with Crippen LogP contribution >= 0.6 is 69.6 Å². The fraction of sp³-hybridized carbons (Fsp3) is 0.303. The van der Waals surface area contributed by atoms with Crippen LogP contribution in [0.4, 0.5) is 56.6 Å². The Morgan fingerprint density at radius 2 is 0.596 bits per heavy atom. The molecular formula is C99H87Cl6F9N18O9. The van der Waals surface area contributed by atoms with E-state index in [2.05, 4.69) is 49.6 Å². The minimum absolute atomic E-state index is 0.146. The Hall–Kier alpha value is -13.8. The summed E-state index contributed by atoms with van der Waals surface area (Å²) in [5, 5.41) is 57.7. The highest BCUT2D eigenvalue weighted by Gasteiger charge is 2.43. The third kappa shape index (κ3) is 18.1. The van der Waals surface area contributed by atoms with Crippen molar-refractivity contribution in [1.29, 1.82) is 15.8 Å². The first-order valence-corrected chi connectivity index (χ1v) is 45.9. The molecule has 27 nitrogen and oxygen atoms in total. The molecule has 12 heterocycles. The molecule has 3 saturated heterocycles. The van der Waals surface area contributed by atoms with Crippen molar-refractivity contribution in [3.63, 3.8) is 0 Å². The van der Waals surface area contributed by atoms with E-state index in [9.17, 15) is 73.0 Å². The summed E-state index contributed by atoms with van der Waals surface area (Å²) in [6.45, 7) is 39.0. The first-order valence-electron chi connectivity index (χ1n) is 43.7. The summed E-state index contributed by atoms with van der Waals surface area (Å²) in [5.41, 5.74) is -4.46. The summed E-state index contributed by atoms with van der Waals surface area (Å²) < 4.78 is 140. The highest BCUT2D eigenvalue weighted by atomic mass is 35.5. The zero-order valence-corrected chi connectivity index (χ0v) is 82.5. The fourth-order valence-electron chi connectivity index (χ4n) is 18.7. The van der Waals surface area contributed by atoms with Crippen LogP contribution in [0.25, 0.3) is 83.9 Å². The first kappa shape index (κ1) is 105. The third-order valence-corrected chi connectivity index (χ3v) is 26.7. The molecule has 3 aliphatic heterocycles. The number of aryl methyl sites for hydroxylation is 3. The number of aromatic hydroxyl groups is 3. The maximum Gasteiger partial charge on any atom is 0.276 e. The van der Waals surface area contributed by atoms with Crippen LogP contribution in [0, 0.1) is 107 Å². The van der Waals surface area contributed by atoms with Gasteiger partial charge in [-0.15, -0.1) is 0 Å². The number of benzene rings is 3. The summed E-state index contributed by atoms with van der Waals surface area (Å²) in [4.78, 5) is 118. The minimum Gasteiger partial charge on any atom is -0.504 e. The molecule has 15 rings (SSSR count). The minimum atomic E-state index is -1.76. The van der Waals surface area contributed by atoms with Gasteiger partial charge >= 0.3 is 0 Å². The normalized spacial score (nSPS) is 16.6. The molecule has 0 bridgehead atoms. The average Bonchev–Trinajstić information content (AvgIpc) is 0.725. The van der Waals surface area contributed by atoms with E-state index in [0.717, 1.165) is 13.7 Å². The van der Waals surface area contributed by atoms with Gasteiger partial charge in [-0.1, -0.05) is 131 Å². The van der Waals surface area contributed by atoms with Gasteiger partial charge in [0.05, 0.1) is 100 Å². The second-order valence-electron chi connectivity index (χ2n) is 35.1. The standard InChI is InChI=1S/3C33H29Cl2F3N6O3/c3*1-7-21(45)43-16(5)12-42(13-17(43)6)30-18-10-20(34)28(22-24(36)26(38)23(35)31(46)25(22)37)41-32(18)44(33(47)19(30)11-39)29-15(4)8-9-40-27(29)14(2)3/h3*7-10,14,16-17,46H,1,12-13H2,2-6H3/t3*16-,17+. The molecule has 12 aromatic rings. The average molecular weight is 2060 g/mol. The number of rotatable bonds is 15. The molecule has 6 atom stereocenters. The van der Waals surface area contributed by atoms with Crippen molar-refractivity contribution in [2.24, 2.45) is 0 Å². The Labute approximate surface area is 830 Å². The largest absolute Gasteiger partial charge is 0.504 e. The molecule has 3 fully saturated rings. The van der Waals surface area contributed by atoms with Crippen LogP contribution < -0.4 is 31.4 Å². The van der Waals surface area contributed by atoms with Crippen LogP contribution in [-0.4, -0.2) is 167 Å². The number of aromatic nitrogens is 9. The van der Waals surface area contributed by atoms with Crippen molar-refractivity contribution in [3.05, 3.63) is 257 Å². The van der Waals surface area contributed by atoms with Crippen molar-refractivity contribution in [3.8, 4) is 86.3 Å². The molecule has 732 valence electrons. The van der Waals surface area contributed by atoms with Crippen LogP contribution in [0.2, 0.25) is 30.1 Å². The van der Waals surface area contributed by atoms with Crippen LogP contribution in [0.15, 0.2) is 107 Å². The fourth-order valence-corrected chi connectivity index (χ4v) is 20.0. The highest BCUT2D eigenvalue weighted by molar-refractivity contribution is 6.36. The molecule has 0 saturated carbocycles. The van der Waals surface area contributed by atoms with E-state index in [-0.39, 0.29) is 210 Å². The molecule has 3 N–H and O–H groups in total. The van der Waals surface area contributed by atoms with Crippen molar-refractivity contribution in [2.75, 3.05) is 54.0 Å². The highest BCUT2D eigenvalue weighted by Crippen LogP contribution is 2.49. The number of phenolic OH excluding ortho intramolecular Hbond substituents is 3. The van der Waals surface area contributed by atoms with Crippen LogP contribution in [0.1, 0.15) is 151 Å². The molecule has 42 heteroatoms. The predicted octanol–water partition coefficient (Wildman–Crippen LogP) is 20.4. The van der Waals surface area contributed by atoms with E-state index < -0.39 is 135 Å². The van der Waals surface area contributed by atoms with Crippen LogP contribution in [0.3, 0.4) is 0 Å². The third-order valence-electron chi connectivity index (χ3n) is 24.8. The van der Waals surface area contributed by atoms with Gasteiger partial charge in [-0.3, -0.25) is 57.4 Å². The Bertz CT molecular complexity index is 6870. The second-order valence-corrected chi connectivity index (χ2v) is 37.5. The number of pyridine rings is 9. The zero-order valence-electron chi connectivity index (χ0n) is 78.0. The number of carbonyl (C=O) groups excluding carboxylic acids is 3. The van der Waals surface area contributed by atoms with Crippen LogP contribution in [-0.2, 0) is 14.4 Å². The molecule has 0 aliphatic carbocycles. The number of hydrogen-bond acceptors (Lipinski definition) is 21. The molecule has 0 radical (unpaired) electrons. The van der Waals surface area contributed by atoms with E-state index >= 15 is 26.3 Å². The number of fused-ring (bicyclic) bond motifs is 3. The van der Waals surface area contributed by atoms with Gasteiger partial charge in [0.15, 0.2) is 69.6 Å². The van der Waals surface area contributed by atoms with E-state index in [1.807, 2.05) is 101 Å². The van der Waals surface area contributed by atoms with Gasteiger partial charge in [-0.2, -0.15) is 15.8 Å². The number of anilines is 3. The number of hydrogen-bond donors (Lipinski definition) is 3. The molecule has 3 aromatic carbocycles. The number of phenols is 3. The van der Waals surface area contributed by atoms with Gasteiger partial charge in [0.1, 0.15) is 66.9 Å². The molecule has 0 unspecified atom stereocenters. The molecule has 141 heavy (non-hydrogen) atoms. The van der Waals surface area contributed by atoms with Crippen molar-refractivity contribution in [2.45, 2.75) is 158 Å². The molecular weight excluding hydrogens is 1970 g/mol. The van der Waals surface area contributed by atoms with Crippen molar-refractivity contribution < 1.29 is 69.2 Å². The van der Waals surface area contributed by atoms with E-state index in [1.54, 1.807) is 87.0 Å². The van der Waals surface area contributed by atoms with Gasteiger partial charge in [-0.25, -0.2) is 54.5 Å². The summed E-state index contributed by atoms with van der Waals surface area (Å²) in [7, 11) is 0. The maximum absolute atomic E-state index is 15.4. The topological polar surface area (TPSA) is 346 Å². The lowest BCUT2D eigenvalue weighted by atomic mass is 10.0. The number of amides is 3. The first-order chi connectivity index (χ1) is 66.5. The summed E-state index contributed by atoms with van der Waals surface area (Å²) in [5.74, 6) is -20.9. The lowest BCUT2D eigenvalue weighted by Gasteiger charge is -2.45.